The van der Waals surface area contributed by atoms with Crippen molar-refractivity contribution in [1.29, 1.82) is 0 Å². The van der Waals surface area contributed by atoms with Crippen LogP contribution in [0.4, 0.5) is 11.5 Å². The number of aryl methyl sites for hydroxylation is 1. The summed E-state index contributed by atoms with van der Waals surface area (Å²) in [6.45, 7) is 4.96. The molecule has 1 aromatic carbocycles. The summed E-state index contributed by atoms with van der Waals surface area (Å²) in [6.07, 6.45) is 1.61. The monoisotopic (exact) mass is 389 g/mol. The third kappa shape index (κ3) is 3.13. The van der Waals surface area contributed by atoms with Crippen molar-refractivity contribution in [2.75, 3.05) is 36.0 Å². The van der Waals surface area contributed by atoms with Gasteiger partial charge in [0.2, 0.25) is 10.0 Å². The first-order chi connectivity index (χ1) is 12.4. The molecule has 1 saturated heterocycles. The van der Waals surface area contributed by atoms with Gasteiger partial charge in [-0.1, -0.05) is 12.1 Å². The molecular formula is C17H19N5O2S2. The molecule has 0 saturated carbocycles. The predicted octanol–water partition coefficient (Wildman–Crippen LogP) is 1.97. The Bertz CT molecular complexity index is 1060. The number of rotatable bonds is 3. The Morgan fingerprint density at radius 1 is 1.08 bits per heavy atom. The van der Waals surface area contributed by atoms with Gasteiger partial charge >= 0.3 is 0 Å². The van der Waals surface area contributed by atoms with Crippen molar-refractivity contribution in [3.63, 3.8) is 0 Å². The van der Waals surface area contributed by atoms with Crippen molar-refractivity contribution in [1.82, 2.24) is 9.97 Å². The summed E-state index contributed by atoms with van der Waals surface area (Å²) in [5.41, 5.74) is 0.661. The third-order valence-corrected chi connectivity index (χ3v) is 6.44. The quantitative estimate of drug-likeness (QED) is 0.736. The zero-order valence-electron chi connectivity index (χ0n) is 14.3. The number of thiophene rings is 1. The fourth-order valence-corrected chi connectivity index (χ4v) is 4.93. The van der Waals surface area contributed by atoms with Crippen molar-refractivity contribution >= 4 is 43.1 Å². The normalized spacial score (nSPS) is 15.6. The molecular weight excluding hydrogens is 370 g/mol. The van der Waals surface area contributed by atoms with Crippen LogP contribution in [0.1, 0.15) is 4.88 Å². The van der Waals surface area contributed by atoms with E-state index in [0.29, 0.717) is 18.8 Å². The topological polar surface area (TPSA) is 92.4 Å². The maximum atomic E-state index is 11.9. The minimum atomic E-state index is -3.75. The van der Waals surface area contributed by atoms with Gasteiger partial charge in [0.25, 0.3) is 0 Å². The van der Waals surface area contributed by atoms with Gasteiger partial charge in [-0.2, -0.15) is 0 Å². The van der Waals surface area contributed by atoms with E-state index in [0.717, 1.165) is 29.1 Å². The molecule has 4 rings (SSSR count). The molecule has 9 heteroatoms. The molecule has 0 bridgehead atoms. The zero-order chi connectivity index (χ0) is 18.3. The Balaban J connectivity index is 1.59. The van der Waals surface area contributed by atoms with Crippen molar-refractivity contribution in [2.24, 2.45) is 5.14 Å². The lowest BCUT2D eigenvalue weighted by Crippen LogP contribution is -2.47. The molecule has 0 spiro atoms. The van der Waals surface area contributed by atoms with Gasteiger partial charge in [0, 0.05) is 31.1 Å². The summed E-state index contributed by atoms with van der Waals surface area (Å²) >= 11 is 1.66. The van der Waals surface area contributed by atoms with Crippen molar-refractivity contribution in [3.05, 3.63) is 41.5 Å². The highest BCUT2D eigenvalue weighted by Crippen LogP contribution is 2.31. The van der Waals surface area contributed by atoms with Gasteiger partial charge < -0.3 is 9.80 Å². The molecule has 0 aliphatic carbocycles. The molecule has 2 aromatic heterocycles. The van der Waals surface area contributed by atoms with Gasteiger partial charge in [0.05, 0.1) is 11.1 Å². The van der Waals surface area contributed by atoms with Crippen LogP contribution in [0.5, 0.6) is 0 Å². The molecule has 26 heavy (non-hydrogen) atoms. The summed E-state index contributed by atoms with van der Waals surface area (Å²) in [5, 5.41) is 6.44. The highest BCUT2D eigenvalue weighted by Gasteiger charge is 2.24. The summed E-state index contributed by atoms with van der Waals surface area (Å²) in [4.78, 5) is 15.5. The Hall–Kier alpha value is -2.23. The maximum Gasteiger partial charge on any atom is 0.240 e. The molecule has 0 atom stereocenters. The van der Waals surface area contributed by atoms with Gasteiger partial charge in [0.1, 0.15) is 21.9 Å². The molecule has 0 unspecified atom stereocenters. The average Bonchev–Trinajstić information content (AvgIpc) is 3.01. The van der Waals surface area contributed by atoms with Gasteiger partial charge in [-0.05, 0) is 25.1 Å². The highest BCUT2D eigenvalue weighted by molar-refractivity contribution is 7.89. The van der Waals surface area contributed by atoms with Crippen LogP contribution in [-0.2, 0) is 10.0 Å². The summed E-state index contributed by atoms with van der Waals surface area (Å²) in [7, 11) is -3.75. The number of sulfonamides is 1. The summed E-state index contributed by atoms with van der Waals surface area (Å²) in [5.74, 6) is 0.943. The molecule has 1 aliphatic heterocycles. The van der Waals surface area contributed by atoms with Crippen LogP contribution in [0.15, 0.2) is 41.6 Å². The largest absolute Gasteiger partial charge is 0.367 e. The average molecular weight is 390 g/mol. The van der Waals surface area contributed by atoms with Crippen LogP contribution < -0.4 is 14.9 Å². The SMILES string of the molecule is Cc1cc2c(N3CCN(c4ccccc4S(N)(=O)=O)CC3)ncnc2s1. The maximum absolute atomic E-state index is 11.9. The van der Waals surface area contributed by atoms with Crippen LogP contribution in [0.25, 0.3) is 10.2 Å². The third-order valence-electron chi connectivity index (χ3n) is 4.52. The number of nitrogens with two attached hydrogens (primary N) is 1. The lowest BCUT2D eigenvalue weighted by atomic mass is 10.2. The van der Waals surface area contributed by atoms with Gasteiger partial charge in [-0.25, -0.2) is 23.5 Å². The lowest BCUT2D eigenvalue weighted by Gasteiger charge is -2.37. The number of primary sulfonamides is 1. The van der Waals surface area contributed by atoms with E-state index in [1.165, 1.54) is 4.88 Å². The molecule has 3 heterocycles. The number of anilines is 2. The number of para-hydroxylation sites is 1. The molecule has 7 nitrogen and oxygen atoms in total. The Labute approximate surface area is 156 Å². The van der Waals surface area contributed by atoms with E-state index < -0.39 is 10.0 Å². The second-order valence-corrected chi connectivity index (χ2v) is 9.02. The number of fused-ring (bicyclic) bond motifs is 1. The Morgan fingerprint density at radius 2 is 1.77 bits per heavy atom. The summed E-state index contributed by atoms with van der Waals surface area (Å²) in [6, 6.07) is 9.01. The van der Waals surface area contributed by atoms with Crippen molar-refractivity contribution < 1.29 is 8.42 Å². The van der Waals surface area contributed by atoms with E-state index in [-0.39, 0.29) is 4.90 Å². The van der Waals surface area contributed by atoms with E-state index in [2.05, 4.69) is 32.8 Å². The minimum absolute atomic E-state index is 0.173. The Morgan fingerprint density at radius 3 is 2.50 bits per heavy atom. The molecule has 1 fully saturated rings. The fourth-order valence-electron chi connectivity index (χ4n) is 3.33. The van der Waals surface area contributed by atoms with E-state index in [9.17, 15) is 8.42 Å². The fraction of sp³-hybridized carbons (Fsp3) is 0.294. The van der Waals surface area contributed by atoms with E-state index in [4.69, 9.17) is 5.14 Å². The van der Waals surface area contributed by atoms with Crippen LogP contribution in [0.3, 0.4) is 0 Å². The number of aromatic nitrogens is 2. The highest BCUT2D eigenvalue weighted by atomic mass is 32.2. The summed E-state index contributed by atoms with van der Waals surface area (Å²) < 4.78 is 23.7. The van der Waals surface area contributed by atoms with Crippen LogP contribution >= 0.6 is 11.3 Å². The van der Waals surface area contributed by atoms with Crippen molar-refractivity contribution in [2.45, 2.75) is 11.8 Å². The van der Waals surface area contributed by atoms with Crippen molar-refractivity contribution in [3.8, 4) is 0 Å². The number of piperazine rings is 1. The van der Waals surface area contributed by atoms with E-state index in [1.807, 2.05) is 6.07 Å². The van der Waals surface area contributed by atoms with E-state index >= 15 is 0 Å². The molecule has 2 N–H and O–H groups in total. The molecule has 1 aliphatic rings. The van der Waals surface area contributed by atoms with E-state index in [1.54, 1.807) is 35.9 Å². The first kappa shape index (κ1) is 17.2. The zero-order valence-corrected chi connectivity index (χ0v) is 15.9. The number of hydrogen-bond donors (Lipinski definition) is 1. The molecule has 3 aromatic rings. The number of benzene rings is 1. The van der Waals surface area contributed by atoms with Gasteiger partial charge in [-0.3, -0.25) is 0 Å². The van der Waals surface area contributed by atoms with Crippen LogP contribution in [0.2, 0.25) is 0 Å². The molecule has 0 amide bonds. The van der Waals surface area contributed by atoms with Crippen LogP contribution in [0, 0.1) is 6.92 Å². The number of hydrogen-bond acceptors (Lipinski definition) is 7. The molecule has 136 valence electrons. The second-order valence-electron chi connectivity index (χ2n) is 6.26. The van der Waals surface area contributed by atoms with Gasteiger partial charge in [-0.15, -0.1) is 11.3 Å². The second kappa shape index (κ2) is 6.49. The lowest BCUT2D eigenvalue weighted by molar-refractivity contribution is 0.595. The minimum Gasteiger partial charge on any atom is -0.367 e. The van der Waals surface area contributed by atoms with Gasteiger partial charge in [0.15, 0.2) is 0 Å². The predicted molar refractivity (Wildman–Crippen MR) is 104 cm³/mol. The molecule has 0 radical (unpaired) electrons. The standard InChI is InChI=1S/C17H19N5O2S2/c1-12-10-13-16(19-11-20-17(13)25-12)22-8-6-21(7-9-22)14-4-2-3-5-15(14)26(18,23)24/h2-5,10-11H,6-9H2,1H3,(H2,18,23,24). The smallest absolute Gasteiger partial charge is 0.240 e. The Kier molecular flexibility index (Phi) is 4.29. The first-order valence-corrected chi connectivity index (χ1v) is 10.6. The first-order valence-electron chi connectivity index (χ1n) is 8.26. The van der Waals surface area contributed by atoms with Crippen LogP contribution in [-0.4, -0.2) is 44.6 Å². The number of nitrogens with zero attached hydrogens (tertiary/aromatic N) is 4.